The fourth-order valence-corrected chi connectivity index (χ4v) is 10.4. The van der Waals surface area contributed by atoms with Crippen LogP contribution in [0.15, 0.2) is 103 Å². The molecule has 2 bridgehead atoms. The number of rotatable bonds is 10. The van der Waals surface area contributed by atoms with E-state index in [4.69, 9.17) is 38.4 Å². The summed E-state index contributed by atoms with van der Waals surface area (Å²) in [6.07, 6.45) is -3.66. The van der Waals surface area contributed by atoms with E-state index in [0.717, 1.165) is 48.7 Å². The highest BCUT2D eigenvalue weighted by atomic mass is 32.1. The van der Waals surface area contributed by atoms with Crippen molar-refractivity contribution in [1.29, 1.82) is 0 Å². The first-order chi connectivity index (χ1) is 55.1. The molecule has 8 heterocycles. The van der Waals surface area contributed by atoms with Crippen molar-refractivity contribution in [3.05, 3.63) is 124 Å². The van der Waals surface area contributed by atoms with E-state index in [-0.39, 0.29) is 72.0 Å². The van der Waals surface area contributed by atoms with Gasteiger partial charge in [-0.05, 0) is 81.9 Å². The number of ether oxygens (including phenoxy) is 2. The third-order valence-electron chi connectivity index (χ3n) is 14.7. The number of aryl methyl sites for hydroxylation is 1. The molecule has 13 rings (SSSR count). The highest BCUT2D eigenvalue weighted by molar-refractivity contribution is 7.20. The fourth-order valence-electron chi connectivity index (χ4n) is 8.99. The molecular formula is C72H86B2F11N9O24S2. The zero-order valence-corrected chi connectivity index (χ0v) is 69.4. The summed E-state index contributed by atoms with van der Waals surface area (Å²) in [6, 6.07) is 15.1. The Balaban J connectivity index is 0. The number of benzene rings is 2. The lowest BCUT2D eigenvalue weighted by Crippen LogP contribution is -2.65. The number of nitrogens with zero attached hydrogens (tertiary/aromatic N) is 9. The molecule has 3 N–H and O–H groups in total. The van der Waals surface area contributed by atoms with Crippen LogP contribution in [0.4, 0.5) is 48.3 Å². The van der Waals surface area contributed by atoms with Gasteiger partial charge < -0.3 is 56.7 Å². The van der Waals surface area contributed by atoms with Crippen molar-refractivity contribution < 1.29 is 163 Å². The standard InChI is InChI=1S/C11H19BO2.C9H7NO2.C9H7NOS.C6H8N2O.C5H3F3N2O2.C5H7NO2.C5H5NO2.C5H5NOS.C4H3F5O.C4H6O3.C3H3F3O.C3H4O3.C2H4O.CH5BO2/c1-10(2)7-5-8(10)11(3)9(6-7)13-12(4)14-11;2*1-6(11)9-10-7-4-2-3-5-8(7)12-9;1-5(9)6-7-3-4-8(6)2;1-2(11)3-9-4(12-10-3)5(6,7)8;3*1-4(7)5-6-2-3-8-5;1-2(10)3(5,6)4(7,8)9;1-3(5)4(6)7-2;1-2(7)3(4,5)6;1-2(4)3(5)6;1-2-3;1-2(3)4/h7-9H,5-6H2,1-4H3;2*2-5H,1H3;3-4H,1-2H3;1H3;2-3H2,1H3;2*2-3H,1H3;1H3;1-2H3;1H3;1H3,(H,5,6);2H,1H3;3-4H,1H3. The number of Topliss-reactive ketones (excluding diaryl/α,β-unsaturated/α-hetero) is 11. The van der Waals surface area contributed by atoms with Gasteiger partial charge >= 0.3 is 56.5 Å². The number of imidazole rings is 1. The average Bonchev–Trinajstić information content (AvgIpc) is 1.42. The van der Waals surface area contributed by atoms with Gasteiger partial charge in [0, 0.05) is 107 Å². The molecule has 48 heteroatoms. The zero-order chi connectivity index (χ0) is 93.4. The molecule has 2 aliphatic heterocycles. The van der Waals surface area contributed by atoms with Crippen molar-refractivity contribution in [3.8, 4) is 0 Å². The predicted molar refractivity (Wildman–Crippen MR) is 407 cm³/mol. The summed E-state index contributed by atoms with van der Waals surface area (Å²) in [5.74, 6) is -13.1. The third kappa shape index (κ3) is 39.9. The SMILES string of the molecule is CB(O)O.CB1OC2CC3CC(C3(C)C)C2(C)O1.CC(=O)C(=O)O.CC(=O)C(F)(F)C(F)(F)F.CC(=O)C(F)(F)F.CC(=O)C1=NCCO1.CC(=O)c1nc2ccccc2o1.CC(=O)c1nc2ccccc2s1.CC(=O)c1nccn1C.CC(=O)c1ncco1.CC(=O)c1nccs1.CC(=O)c1noc(C(F)(F)F)n1.CC=O.COC(=O)C(C)=O. The van der Waals surface area contributed by atoms with Crippen molar-refractivity contribution in [2.24, 2.45) is 29.3 Å². The maximum absolute atomic E-state index is 11.8. The van der Waals surface area contributed by atoms with Crippen LogP contribution in [0.2, 0.25) is 13.6 Å². The molecule has 3 saturated carbocycles. The second kappa shape index (κ2) is 51.9. The number of carbonyl (C=O) groups is 14. The molecule has 4 fully saturated rings. The first-order valence-electron chi connectivity index (χ1n) is 34.2. The largest absolute Gasteiger partial charge is 0.476 e. The minimum absolute atomic E-state index is 0.000139. The van der Waals surface area contributed by atoms with Crippen molar-refractivity contribution in [2.45, 2.75) is 167 Å². The number of para-hydroxylation sites is 3. The molecule has 1 saturated heterocycles. The topological polar surface area (TPSA) is 484 Å². The number of hydrogen-bond donors (Lipinski definition) is 3. The molecule has 0 amide bonds. The number of carboxylic acids is 1. The van der Waals surface area contributed by atoms with Crippen molar-refractivity contribution in [2.75, 3.05) is 20.3 Å². The smallest absolute Gasteiger partial charge is 0.471 e. The van der Waals surface area contributed by atoms with Gasteiger partial charge in [-0.15, -0.1) is 22.7 Å². The Morgan fingerprint density at radius 1 is 0.667 bits per heavy atom. The summed E-state index contributed by atoms with van der Waals surface area (Å²) in [5, 5.41) is 28.7. The quantitative estimate of drug-likeness (QED) is 0.0286. The number of alkyl halides is 11. The van der Waals surface area contributed by atoms with E-state index in [0.29, 0.717) is 58.9 Å². The molecule has 0 spiro atoms. The lowest BCUT2D eigenvalue weighted by atomic mass is 9.43. The van der Waals surface area contributed by atoms with Crippen molar-refractivity contribution >= 4 is 146 Å². The lowest BCUT2D eigenvalue weighted by Gasteiger charge is -2.64. The fraction of sp³-hybridized carbons (Fsp3) is 0.444. The van der Waals surface area contributed by atoms with Gasteiger partial charge in [-0.1, -0.05) is 43.3 Å². The number of ketones is 11. The number of aromatic nitrogens is 8. The molecule has 658 valence electrons. The number of aliphatic imine (C=N–C) groups is 1. The Labute approximate surface area is 685 Å². The van der Waals surface area contributed by atoms with Gasteiger partial charge in [-0.25, -0.2) is 39.5 Å². The Morgan fingerprint density at radius 3 is 1.48 bits per heavy atom. The Morgan fingerprint density at radius 2 is 1.19 bits per heavy atom. The number of aliphatic carboxylic acids is 1. The lowest BCUT2D eigenvalue weighted by molar-refractivity contribution is -0.267. The number of carboxylic acid groups (broad SMARTS) is 1. The Kier molecular flexibility index (Phi) is 47.8. The van der Waals surface area contributed by atoms with Crippen LogP contribution in [0.5, 0.6) is 0 Å². The van der Waals surface area contributed by atoms with E-state index in [1.54, 1.807) is 41.7 Å². The second-order valence-corrected chi connectivity index (χ2v) is 26.8. The highest BCUT2D eigenvalue weighted by Gasteiger charge is 2.67. The number of halogens is 11. The number of esters is 1. The first kappa shape index (κ1) is 111. The highest BCUT2D eigenvalue weighted by Crippen LogP contribution is 2.65. The van der Waals surface area contributed by atoms with Crippen LogP contribution >= 0.6 is 22.7 Å². The van der Waals surface area contributed by atoms with Crippen LogP contribution < -0.4 is 0 Å². The molecule has 4 unspecified atom stereocenters. The number of methoxy groups -OCH3 is 1. The van der Waals surface area contributed by atoms with Crippen LogP contribution in [0.25, 0.3) is 21.3 Å². The Hall–Kier alpha value is -11.4. The third-order valence-corrected chi connectivity index (χ3v) is 16.7. The Bertz CT molecular complexity index is 4510. The number of oxazole rings is 2. The van der Waals surface area contributed by atoms with Gasteiger partial charge in [-0.2, -0.15) is 53.3 Å². The molecule has 4 atom stereocenters. The van der Waals surface area contributed by atoms with Crippen LogP contribution in [-0.2, 0) is 70.4 Å². The maximum atomic E-state index is 11.8. The molecule has 2 aromatic carbocycles. The molecule has 8 aromatic rings. The predicted octanol–water partition coefficient (Wildman–Crippen LogP) is 12.6. The van der Waals surface area contributed by atoms with Crippen LogP contribution in [-0.4, -0.2) is 207 Å². The molecule has 3 aliphatic carbocycles. The molecular weight excluding hydrogens is 1670 g/mol. The summed E-state index contributed by atoms with van der Waals surface area (Å²) in [6.45, 7) is 25.7. The van der Waals surface area contributed by atoms with E-state index in [1.165, 1.54) is 110 Å². The number of thiazole rings is 2. The minimum atomic E-state index is -5.77. The number of hydrogen-bond acceptors (Lipinski definition) is 33. The summed E-state index contributed by atoms with van der Waals surface area (Å²) in [7, 11) is 1.80. The molecule has 0 radical (unpaired) electrons. The van der Waals surface area contributed by atoms with Gasteiger partial charge in [0.05, 0.1) is 41.8 Å². The van der Waals surface area contributed by atoms with Crippen LogP contribution in [0.3, 0.4) is 0 Å². The van der Waals surface area contributed by atoms with E-state index in [1.807, 2.05) is 49.3 Å². The number of fused-ring (bicyclic) bond motifs is 2. The first-order valence-corrected chi connectivity index (χ1v) is 35.9. The molecule has 120 heavy (non-hydrogen) atoms. The number of aldehydes is 1. The van der Waals surface area contributed by atoms with Gasteiger partial charge in [0.25, 0.3) is 17.7 Å². The van der Waals surface area contributed by atoms with E-state index >= 15 is 0 Å². The van der Waals surface area contributed by atoms with Crippen molar-refractivity contribution in [1.82, 2.24) is 39.6 Å². The van der Waals surface area contributed by atoms with Gasteiger partial charge in [0.1, 0.15) is 24.7 Å². The molecule has 5 aliphatic rings. The summed E-state index contributed by atoms with van der Waals surface area (Å²) in [5.41, 5.74) is 2.76. The second-order valence-electron chi connectivity index (χ2n) is 24.9. The normalized spacial score (nSPS) is 15.6. The van der Waals surface area contributed by atoms with Crippen LogP contribution in [0, 0.1) is 17.3 Å². The van der Waals surface area contributed by atoms with E-state index in [9.17, 15) is 111 Å². The minimum Gasteiger partial charge on any atom is -0.476 e. The average molecular weight is 1760 g/mol. The van der Waals surface area contributed by atoms with E-state index < -0.39 is 84.1 Å². The number of carbonyl (C=O) groups excluding carboxylic acids is 13. The van der Waals surface area contributed by atoms with Gasteiger partial charge in [-0.3, -0.25) is 52.7 Å². The maximum Gasteiger partial charge on any atom is 0.471 e. The van der Waals surface area contributed by atoms with Crippen LogP contribution in [0.1, 0.15) is 185 Å². The molecule has 33 nitrogen and oxygen atoms in total. The van der Waals surface area contributed by atoms with E-state index in [2.05, 4.69) is 74.5 Å². The van der Waals surface area contributed by atoms with Gasteiger partial charge in [0.15, 0.2) is 38.8 Å². The monoisotopic (exact) mass is 1760 g/mol. The van der Waals surface area contributed by atoms with Crippen molar-refractivity contribution in [3.63, 3.8) is 0 Å². The summed E-state index contributed by atoms with van der Waals surface area (Å²) < 4.78 is 161. The zero-order valence-electron chi connectivity index (χ0n) is 67.8. The molecule has 6 aromatic heterocycles. The summed E-state index contributed by atoms with van der Waals surface area (Å²) >= 11 is 2.82. The van der Waals surface area contributed by atoms with Gasteiger partial charge in [0.2, 0.25) is 52.1 Å². The summed E-state index contributed by atoms with van der Waals surface area (Å²) in [4.78, 5) is 167.